The van der Waals surface area contributed by atoms with Crippen molar-refractivity contribution >= 4 is 0 Å². The van der Waals surface area contributed by atoms with Gasteiger partial charge in [0, 0.05) is 6.20 Å². The molecule has 1 heterocycles. The highest BCUT2D eigenvalue weighted by Gasteiger charge is 2.41. The lowest BCUT2D eigenvalue weighted by molar-refractivity contribution is 0.528. The molecule has 0 amide bonds. The summed E-state index contributed by atoms with van der Waals surface area (Å²) in [5.41, 5.74) is 5.30. The van der Waals surface area contributed by atoms with Gasteiger partial charge in [0.2, 0.25) is 0 Å². The molecule has 3 aromatic rings. The topological polar surface area (TPSA) is 36.7 Å². The molecule has 24 heavy (non-hydrogen) atoms. The summed E-state index contributed by atoms with van der Waals surface area (Å²) in [6.45, 7) is 0. The summed E-state index contributed by atoms with van der Waals surface area (Å²) in [6, 6.07) is 25.3. The number of hydrogen-bond donors (Lipinski definition) is 0. The van der Waals surface area contributed by atoms with E-state index in [-0.39, 0.29) is 0 Å². The van der Waals surface area contributed by atoms with Crippen LogP contribution in [0.1, 0.15) is 23.2 Å². The molecule has 0 saturated heterocycles. The van der Waals surface area contributed by atoms with Crippen molar-refractivity contribution in [2.75, 3.05) is 0 Å². The predicted molar refractivity (Wildman–Crippen MR) is 95.4 cm³/mol. The van der Waals surface area contributed by atoms with Gasteiger partial charge in [-0.1, -0.05) is 60.7 Å². The Bertz CT molecular complexity index is 894. The number of hydrogen-bond acceptors (Lipinski definition) is 2. The first-order chi connectivity index (χ1) is 11.8. The van der Waals surface area contributed by atoms with Gasteiger partial charge in [-0.25, -0.2) is 0 Å². The molecule has 0 N–H and O–H groups in total. The van der Waals surface area contributed by atoms with Crippen molar-refractivity contribution in [3.8, 4) is 17.2 Å². The van der Waals surface area contributed by atoms with Gasteiger partial charge in [-0.05, 0) is 47.6 Å². The molecule has 4 rings (SSSR count). The summed E-state index contributed by atoms with van der Waals surface area (Å²) in [4.78, 5) is 4.64. The molecule has 1 aliphatic carbocycles. The van der Waals surface area contributed by atoms with Crippen LogP contribution in [0.4, 0.5) is 0 Å². The third kappa shape index (κ3) is 2.39. The van der Waals surface area contributed by atoms with Gasteiger partial charge < -0.3 is 0 Å². The molecule has 1 atom stereocenters. The van der Waals surface area contributed by atoms with Crippen LogP contribution in [0.5, 0.6) is 0 Å². The fraction of sp³-hybridized carbons (Fsp3) is 0.182. The van der Waals surface area contributed by atoms with E-state index in [1.54, 1.807) is 0 Å². The average molecular weight is 310 g/mol. The van der Waals surface area contributed by atoms with Crippen LogP contribution < -0.4 is 0 Å². The summed E-state index contributed by atoms with van der Waals surface area (Å²) < 4.78 is 0. The second-order valence-corrected chi connectivity index (χ2v) is 6.41. The monoisotopic (exact) mass is 310 g/mol. The molecule has 116 valence electrons. The van der Waals surface area contributed by atoms with Crippen LogP contribution in [0, 0.1) is 11.3 Å². The van der Waals surface area contributed by atoms with Gasteiger partial charge in [-0.3, -0.25) is 4.98 Å². The lowest BCUT2D eigenvalue weighted by atomic mass is 9.80. The van der Waals surface area contributed by atoms with E-state index in [1.165, 1.54) is 22.3 Å². The lowest BCUT2D eigenvalue weighted by Gasteiger charge is -2.21. The number of nitriles is 1. The maximum absolute atomic E-state index is 10.00. The van der Waals surface area contributed by atoms with E-state index in [9.17, 15) is 5.26 Å². The largest absolute Gasteiger partial charge is 0.259 e. The van der Waals surface area contributed by atoms with E-state index in [1.807, 2.05) is 30.5 Å². The quantitative estimate of drug-likeness (QED) is 0.703. The second-order valence-electron chi connectivity index (χ2n) is 6.41. The molecule has 0 bridgehead atoms. The fourth-order valence-electron chi connectivity index (χ4n) is 3.77. The van der Waals surface area contributed by atoms with Crippen molar-refractivity contribution in [3.05, 3.63) is 89.7 Å². The third-order valence-corrected chi connectivity index (χ3v) is 4.96. The van der Waals surface area contributed by atoms with E-state index in [0.717, 1.165) is 25.0 Å². The molecule has 2 nitrogen and oxygen atoms in total. The average Bonchev–Trinajstić information content (AvgIpc) is 3.02. The Kier molecular flexibility index (Phi) is 3.63. The number of aromatic nitrogens is 1. The first kappa shape index (κ1) is 14.7. The molecular formula is C22H18N2. The summed E-state index contributed by atoms with van der Waals surface area (Å²) in [6.07, 6.45) is 4.32. The highest BCUT2D eigenvalue weighted by atomic mass is 14.7. The molecule has 1 aromatic heterocycles. The van der Waals surface area contributed by atoms with Gasteiger partial charge in [0.25, 0.3) is 0 Å². The van der Waals surface area contributed by atoms with E-state index in [4.69, 9.17) is 0 Å². The lowest BCUT2D eigenvalue weighted by Crippen LogP contribution is -2.25. The van der Waals surface area contributed by atoms with Gasteiger partial charge >= 0.3 is 0 Å². The SMILES string of the molecule is N#C[C@@]1(Cc2ccccc2)CCc2c(-c3ccccc3)ccnc21. The van der Waals surface area contributed by atoms with E-state index in [2.05, 4.69) is 53.5 Å². The first-order valence-corrected chi connectivity index (χ1v) is 8.31. The minimum atomic E-state index is -0.512. The number of benzene rings is 2. The van der Waals surface area contributed by atoms with E-state index >= 15 is 0 Å². The molecule has 2 aromatic carbocycles. The van der Waals surface area contributed by atoms with Gasteiger partial charge in [0.05, 0.1) is 11.8 Å². The molecule has 2 heteroatoms. The Morgan fingerprint density at radius 3 is 2.38 bits per heavy atom. The maximum atomic E-state index is 10.00. The Balaban J connectivity index is 1.80. The summed E-state index contributed by atoms with van der Waals surface area (Å²) in [5.74, 6) is 0. The van der Waals surface area contributed by atoms with Crippen molar-refractivity contribution in [1.29, 1.82) is 5.26 Å². The van der Waals surface area contributed by atoms with Crippen LogP contribution in [-0.4, -0.2) is 4.98 Å². The predicted octanol–water partition coefficient (Wildman–Crippen LogP) is 4.70. The molecule has 0 fully saturated rings. The Hall–Kier alpha value is -2.92. The Morgan fingerprint density at radius 2 is 1.67 bits per heavy atom. The summed E-state index contributed by atoms with van der Waals surface area (Å²) >= 11 is 0. The molecule has 0 unspecified atom stereocenters. The smallest absolute Gasteiger partial charge is 0.104 e. The van der Waals surface area contributed by atoms with Gasteiger partial charge in [-0.15, -0.1) is 0 Å². The van der Waals surface area contributed by atoms with Crippen LogP contribution in [0.15, 0.2) is 72.9 Å². The normalized spacial score (nSPS) is 18.8. The standard InChI is InChI=1S/C22H18N2/c23-16-22(15-17-7-3-1-4-8-17)13-11-20-19(12-14-24-21(20)22)18-9-5-2-6-10-18/h1-10,12,14H,11,13,15H2/t22-/m0/s1. The Morgan fingerprint density at radius 1 is 0.958 bits per heavy atom. The van der Waals surface area contributed by atoms with Gasteiger partial charge in [0.15, 0.2) is 0 Å². The summed E-state index contributed by atoms with van der Waals surface area (Å²) in [7, 11) is 0. The second kappa shape index (κ2) is 5.94. The van der Waals surface area contributed by atoms with E-state index in [0.29, 0.717) is 0 Å². The zero-order valence-electron chi connectivity index (χ0n) is 13.4. The molecule has 0 spiro atoms. The van der Waals surface area contributed by atoms with Crippen LogP contribution in [0.2, 0.25) is 0 Å². The number of pyridine rings is 1. The summed E-state index contributed by atoms with van der Waals surface area (Å²) in [5, 5.41) is 10.00. The molecule has 0 saturated carbocycles. The minimum Gasteiger partial charge on any atom is -0.259 e. The van der Waals surface area contributed by atoms with Crippen molar-refractivity contribution in [2.24, 2.45) is 0 Å². The van der Waals surface area contributed by atoms with E-state index < -0.39 is 5.41 Å². The zero-order valence-corrected chi connectivity index (χ0v) is 13.4. The molecule has 1 aliphatic rings. The van der Waals surface area contributed by atoms with Crippen molar-refractivity contribution in [3.63, 3.8) is 0 Å². The third-order valence-electron chi connectivity index (χ3n) is 4.96. The highest BCUT2D eigenvalue weighted by molar-refractivity contribution is 5.70. The number of nitrogens with zero attached hydrogens (tertiary/aromatic N) is 2. The maximum Gasteiger partial charge on any atom is 0.104 e. The van der Waals surface area contributed by atoms with Crippen molar-refractivity contribution in [2.45, 2.75) is 24.7 Å². The van der Waals surface area contributed by atoms with Crippen LogP contribution in [0.25, 0.3) is 11.1 Å². The fourth-order valence-corrected chi connectivity index (χ4v) is 3.77. The molecule has 0 radical (unpaired) electrons. The Labute approximate surface area is 142 Å². The van der Waals surface area contributed by atoms with Crippen LogP contribution in [-0.2, 0) is 18.3 Å². The van der Waals surface area contributed by atoms with Crippen LogP contribution in [0.3, 0.4) is 0 Å². The molecular weight excluding hydrogens is 292 g/mol. The highest BCUT2D eigenvalue weighted by Crippen LogP contribution is 2.43. The minimum absolute atomic E-state index is 0.512. The van der Waals surface area contributed by atoms with Crippen molar-refractivity contribution in [1.82, 2.24) is 4.98 Å². The number of fused-ring (bicyclic) bond motifs is 1. The first-order valence-electron chi connectivity index (χ1n) is 8.31. The van der Waals surface area contributed by atoms with Gasteiger partial charge in [0.1, 0.15) is 5.41 Å². The van der Waals surface area contributed by atoms with Crippen molar-refractivity contribution < 1.29 is 0 Å². The van der Waals surface area contributed by atoms with Crippen LogP contribution >= 0.6 is 0 Å². The van der Waals surface area contributed by atoms with Gasteiger partial charge in [-0.2, -0.15) is 5.26 Å². The zero-order chi connectivity index (χ0) is 16.4. The molecule has 0 aliphatic heterocycles. The number of rotatable bonds is 3.